The number of allylic oxidation sites excluding steroid dienone is 2. The van der Waals surface area contributed by atoms with Gasteiger partial charge in [0.15, 0.2) is 5.78 Å². The maximum atomic E-state index is 11.7. The molecular formula is C53H64IrN2O2-2. The minimum atomic E-state index is 0. The zero-order chi connectivity index (χ0) is 41.9. The number of pyridine rings is 2. The molecule has 0 amide bonds. The van der Waals surface area contributed by atoms with Gasteiger partial charge in [-0.2, -0.15) is 0 Å². The molecule has 0 saturated carbocycles. The molecule has 2 heterocycles. The maximum absolute atomic E-state index is 11.7. The van der Waals surface area contributed by atoms with E-state index in [1.54, 1.807) is 0 Å². The van der Waals surface area contributed by atoms with Gasteiger partial charge in [0, 0.05) is 50.4 Å². The third kappa shape index (κ3) is 13.6. The summed E-state index contributed by atoms with van der Waals surface area (Å²) in [7, 11) is 0. The minimum Gasteiger partial charge on any atom is -0.512 e. The van der Waals surface area contributed by atoms with Crippen molar-refractivity contribution in [3.05, 3.63) is 143 Å². The fourth-order valence-corrected chi connectivity index (χ4v) is 7.50. The van der Waals surface area contributed by atoms with E-state index in [-0.39, 0.29) is 43.5 Å². The Labute approximate surface area is 363 Å². The van der Waals surface area contributed by atoms with Gasteiger partial charge in [-0.15, -0.1) is 69.8 Å². The predicted molar refractivity (Wildman–Crippen MR) is 243 cm³/mol. The molecule has 309 valence electrons. The number of hydrogen-bond acceptors (Lipinski definition) is 4. The first-order chi connectivity index (χ1) is 27.0. The van der Waals surface area contributed by atoms with Crippen LogP contribution in [-0.2, 0) is 31.3 Å². The second kappa shape index (κ2) is 22.1. The number of hydrogen-bond donors (Lipinski definition) is 1. The Morgan fingerprint density at radius 2 is 1.10 bits per heavy atom. The number of rotatable bonds is 10. The Balaban J connectivity index is 0.000000237. The second-order valence-corrected chi connectivity index (χ2v) is 16.8. The van der Waals surface area contributed by atoms with E-state index >= 15 is 0 Å². The van der Waals surface area contributed by atoms with Crippen molar-refractivity contribution in [3.8, 4) is 22.5 Å². The van der Waals surface area contributed by atoms with Crippen LogP contribution < -0.4 is 0 Å². The van der Waals surface area contributed by atoms with Gasteiger partial charge in [-0.1, -0.05) is 118 Å². The predicted octanol–water partition coefficient (Wildman–Crippen LogP) is 14.4. The topological polar surface area (TPSA) is 63.1 Å². The van der Waals surface area contributed by atoms with E-state index < -0.39 is 0 Å². The molecule has 0 unspecified atom stereocenters. The van der Waals surface area contributed by atoms with Crippen molar-refractivity contribution in [2.24, 2.45) is 17.3 Å². The van der Waals surface area contributed by atoms with E-state index in [1.807, 2.05) is 40.1 Å². The molecule has 0 aliphatic heterocycles. The molecule has 58 heavy (non-hydrogen) atoms. The molecule has 6 aromatic rings. The number of aromatic nitrogens is 2. The van der Waals surface area contributed by atoms with Crippen LogP contribution in [0.1, 0.15) is 108 Å². The summed E-state index contributed by atoms with van der Waals surface area (Å²) >= 11 is 0. The van der Waals surface area contributed by atoms with E-state index in [1.165, 1.54) is 49.9 Å². The van der Waals surface area contributed by atoms with E-state index in [4.69, 9.17) is 0 Å². The van der Waals surface area contributed by atoms with Crippen molar-refractivity contribution in [3.63, 3.8) is 0 Å². The number of aliphatic hydroxyl groups is 1. The molecule has 0 aliphatic carbocycles. The van der Waals surface area contributed by atoms with Crippen LogP contribution in [0.4, 0.5) is 0 Å². The van der Waals surface area contributed by atoms with Crippen LogP contribution in [-0.4, -0.2) is 20.9 Å². The van der Waals surface area contributed by atoms with Crippen LogP contribution in [0.25, 0.3) is 44.1 Å². The summed E-state index contributed by atoms with van der Waals surface area (Å²) in [5, 5.41) is 14.6. The number of nitrogens with zero attached hydrogens (tertiary/aromatic N) is 2. The monoisotopic (exact) mass is 953 g/mol. The molecule has 0 atom stereocenters. The number of fused-ring (bicyclic) bond motifs is 2. The quantitative estimate of drug-likeness (QED) is 0.0844. The molecule has 0 saturated heterocycles. The molecular weight excluding hydrogens is 889 g/mol. The fraction of sp³-hybridized carbons (Fsp3) is 0.377. The Kier molecular flexibility index (Phi) is 18.2. The number of ketones is 1. The SMILES string of the molecule is CCC(CC)C(=O)/C=C(\O)C(CC)CC.Cc1[c-]c(-c2nccc3cc(C)ccc23)cc(C)c1.Cc1[c-]c(-c2nccc3cc(CC(C)(C)C)ccc23)cc(C)c1.[Ir]. The summed E-state index contributed by atoms with van der Waals surface area (Å²) < 4.78 is 0. The van der Waals surface area contributed by atoms with Crippen LogP contribution >= 0.6 is 0 Å². The van der Waals surface area contributed by atoms with Gasteiger partial charge in [-0.25, -0.2) is 0 Å². The molecule has 1 radical (unpaired) electrons. The van der Waals surface area contributed by atoms with E-state index in [9.17, 15) is 9.90 Å². The van der Waals surface area contributed by atoms with Gasteiger partial charge in [0.25, 0.3) is 0 Å². The number of carbonyl (C=O) groups is 1. The van der Waals surface area contributed by atoms with Crippen molar-refractivity contribution in [1.29, 1.82) is 0 Å². The van der Waals surface area contributed by atoms with Crippen molar-refractivity contribution in [1.82, 2.24) is 9.97 Å². The summed E-state index contributed by atoms with van der Waals surface area (Å²) in [6.07, 6.45) is 9.77. The summed E-state index contributed by atoms with van der Waals surface area (Å²) in [5.74, 6) is 0.547. The zero-order valence-corrected chi connectivity index (χ0v) is 39.3. The average molecular weight is 953 g/mol. The third-order valence-corrected chi connectivity index (χ3v) is 10.4. The second-order valence-electron chi connectivity index (χ2n) is 16.8. The van der Waals surface area contributed by atoms with Gasteiger partial charge in [-0.3, -0.25) is 4.79 Å². The van der Waals surface area contributed by atoms with Gasteiger partial charge in [-0.05, 0) is 95.1 Å². The minimum absolute atomic E-state index is 0. The Hall–Kier alpha value is -4.44. The first kappa shape index (κ1) is 47.9. The summed E-state index contributed by atoms with van der Waals surface area (Å²) in [6.45, 7) is 25.4. The average Bonchev–Trinajstić information content (AvgIpc) is 3.14. The van der Waals surface area contributed by atoms with E-state index in [2.05, 4.69) is 150 Å². The summed E-state index contributed by atoms with van der Waals surface area (Å²) in [4.78, 5) is 20.9. The molecule has 1 N–H and O–H groups in total. The van der Waals surface area contributed by atoms with Gasteiger partial charge in [0.05, 0.1) is 5.76 Å². The standard InChI is InChI=1S/C22H24N.C18H16N.C13H24O2.Ir/c1-15-10-16(2)12-19(11-15)21-20-7-6-17(14-22(3,4)5)13-18(20)8-9-23-21;1-12-4-5-17-15(9-12)6-7-19-18(17)16-10-13(2)8-14(3)11-16;1-5-10(6-2)12(14)9-13(15)11(7-3)8-4;/h6-11,13H,14H2,1-5H3;4-10H,1-3H3;9-11,14H,5-8H2,1-4H3;/q2*-1;;/b;;12-9-;. The molecule has 0 spiro atoms. The number of carbonyl (C=O) groups excluding carboxylic acids is 1. The van der Waals surface area contributed by atoms with Crippen molar-refractivity contribution >= 4 is 27.3 Å². The van der Waals surface area contributed by atoms with Gasteiger partial charge in [0.2, 0.25) is 0 Å². The molecule has 0 aliphatic rings. The number of aryl methyl sites for hydroxylation is 5. The van der Waals surface area contributed by atoms with Crippen molar-refractivity contribution in [2.75, 3.05) is 0 Å². The maximum Gasteiger partial charge on any atom is 0.162 e. The molecule has 6 rings (SSSR count). The van der Waals surface area contributed by atoms with Gasteiger partial charge in [0.1, 0.15) is 0 Å². The van der Waals surface area contributed by atoms with Crippen LogP contribution in [0.3, 0.4) is 0 Å². The van der Waals surface area contributed by atoms with Crippen LogP contribution in [0, 0.1) is 64.0 Å². The molecule has 2 aromatic heterocycles. The molecule has 0 bridgehead atoms. The first-order valence-electron chi connectivity index (χ1n) is 20.7. The normalized spacial score (nSPS) is 11.5. The first-order valence-corrected chi connectivity index (χ1v) is 20.7. The summed E-state index contributed by atoms with van der Waals surface area (Å²) in [6, 6.07) is 32.9. The molecule has 4 aromatic carbocycles. The van der Waals surface area contributed by atoms with Gasteiger partial charge < -0.3 is 15.1 Å². The fourth-order valence-electron chi connectivity index (χ4n) is 7.50. The van der Waals surface area contributed by atoms with Crippen molar-refractivity contribution < 1.29 is 30.0 Å². The Morgan fingerprint density at radius 1 is 0.638 bits per heavy atom. The van der Waals surface area contributed by atoms with Crippen molar-refractivity contribution in [2.45, 2.75) is 115 Å². The van der Waals surface area contributed by atoms with E-state index in [0.29, 0.717) is 5.41 Å². The number of benzene rings is 4. The Morgan fingerprint density at radius 3 is 1.55 bits per heavy atom. The smallest absolute Gasteiger partial charge is 0.162 e. The van der Waals surface area contributed by atoms with Crippen LogP contribution in [0.5, 0.6) is 0 Å². The zero-order valence-electron chi connectivity index (χ0n) is 36.9. The van der Waals surface area contributed by atoms with Crippen LogP contribution in [0.2, 0.25) is 0 Å². The van der Waals surface area contributed by atoms with E-state index in [0.717, 1.165) is 65.7 Å². The number of aliphatic hydroxyl groups excluding tert-OH is 1. The summed E-state index contributed by atoms with van der Waals surface area (Å²) in [5.41, 5.74) is 12.0. The third-order valence-electron chi connectivity index (χ3n) is 10.4. The van der Waals surface area contributed by atoms with Gasteiger partial charge >= 0.3 is 0 Å². The molecule has 5 heteroatoms. The molecule has 0 fully saturated rings. The molecule has 4 nitrogen and oxygen atoms in total. The Bertz CT molecular complexity index is 2270. The van der Waals surface area contributed by atoms with Crippen LogP contribution in [0.15, 0.2) is 97.0 Å². The largest absolute Gasteiger partial charge is 0.512 e.